The minimum absolute atomic E-state index is 0.0381. The first-order chi connectivity index (χ1) is 8.97. The molecule has 2 aromatic rings. The maximum Gasteiger partial charge on any atom is 0.416 e. The number of benzene rings is 1. The molecule has 9 heteroatoms. The molecule has 0 saturated carbocycles. The Morgan fingerprint density at radius 1 is 1.26 bits per heavy atom. The Labute approximate surface area is 105 Å². The third-order valence-corrected chi connectivity index (χ3v) is 2.27. The Kier molecular flexibility index (Phi) is 3.45. The largest absolute Gasteiger partial charge is 0.416 e. The van der Waals surface area contributed by atoms with Crippen LogP contribution in [0.4, 0.5) is 13.2 Å². The van der Waals surface area contributed by atoms with Crippen LogP contribution in [0.15, 0.2) is 24.3 Å². The van der Waals surface area contributed by atoms with Crippen LogP contribution in [0.2, 0.25) is 0 Å². The molecule has 2 rings (SSSR count). The minimum Gasteiger partial charge on any atom is -0.345 e. The molecular formula is C10H8F3N5O. The summed E-state index contributed by atoms with van der Waals surface area (Å²) in [4.78, 5) is 11.6. The molecule has 0 aliphatic carbocycles. The lowest BCUT2D eigenvalue weighted by Gasteiger charge is -2.07. The van der Waals surface area contributed by atoms with Gasteiger partial charge in [-0.1, -0.05) is 5.21 Å². The first-order valence-corrected chi connectivity index (χ1v) is 5.14. The van der Waals surface area contributed by atoms with Gasteiger partial charge in [0.2, 0.25) is 0 Å². The van der Waals surface area contributed by atoms with E-state index in [9.17, 15) is 18.0 Å². The number of carbonyl (C=O) groups is 1. The molecule has 0 radical (unpaired) electrons. The second kappa shape index (κ2) is 5.04. The summed E-state index contributed by atoms with van der Waals surface area (Å²) in [5.74, 6) is -0.237. The van der Waals surface area contributed by atoms with Crippen LogP contribution in [-0.2, 0) is 12.7 Å². The van der Waals surface area contributed by atoms with E-state index in [1.165, 1.54) is 0 Å². The average molecular weight is 271 g/mol. The van der Waals surface area contributed by atoms with Gasteiger partial charge in [-0.2, -0.15) is 18.4 Å². The number of aromatic nitrogens is 4. The Morgan fingerprint density at radius 2 is 1.95 bits per heavy atom. The van der Waals surface area contributed by atoms with Crippen molar-refractivity contribution in [3.8, 4) is 0 Å². The molecule has 1 amide bonds. The molecule has 0 saturated heterocycles. The fourth-order valence-corrected chi connectivity index (χ4v) is 1.33. The van der Waals surface area contributed by atoms with Crippen LogP contribution < -0.4 is 5.32 Å². The highest BCUT2D eigenvalue weighted by Crippen LogP contribution is 2.28. The molecule has 6 nitrogen and oxygen atoms in total. The van der Waals surface area contributed by atoms with E-state index in [0.29, 0.717) is 0 Å². The zero-order valence-electron chi connectivity index (χ0n) is 9.40. The summed E-state index contributed by atoms with van der Waals surface area (Å²) in [5.41, 5.74) is -0.682. The van der Waals surface area contributed by atoms with Crippen molar-refractivity contribution in [3.63, 3.8) is 0 Å². The molecule has 0 bridgehead atoms. The Balaban J connectivity index is 2.00. The van der Waals surface area contributed by atoms with Crippen LogP contribution in [0.3, 0.4) is 0 Å². The molecule has 2 N–H and O–H groups in total. The highest BCUT2D eigenvalue weighted by Gasteiger charge is 2.30. The van der Waals surface area contributed by atoms with E-state index in [4.69, 9.17) is 0 Å². The number of nitrogens with zero attached hydrogens (tertiary/aromatic N) is 3. The van der Waals surface area contributed by atoms with E-state index in [1.54, 1.807) is 0 Å². The Hall–Kier alpha value is -2.45. The lowest BCUT2D eigenvalue weighted by Crippen LogP contribution is -2.23. The van der Waals surface area contributed by atoms with Crippen molar-refractivity contribution in [3.05, 3.63) is 41.2 Å². The number of halogens is 3. The van der Waals surface area contributed by atoms with Gasteiger partial charge in [-0.05, 0) is 24.3 Å². The predicted molar refractivity (Wildman–Crippen MR) is 56.8 cm³/mol. The van der Waals surface area contributed by atoms with Crippen molar-refractivity contribution in [2.45, 2.75) is 12.7 Å². The van der Waals surface area contributed by atoms with Crippen LogP contribution in [0.1, 0.15) is 21.7 Å². The molecule has 1 aromatic carbocycles. The Morgan fingerprint density at radius 3 is 2.47 bits per heavy atom. The first kappa shape index (κ1) is 13.0. The summed E-state index contributed by atoms with van der Waals surface area (Å²) in [7, 11) is 0. The minimum atomic E-state index is -4.42. The lowest BCUT2D eigenvalue weighted by atomic mass is 10.1. The van der Waals surface area contributed by atoms with Crippen LogP contribution in [0.25, 0.3) is 0 Å². The molecule has 0 aliphatic rings. The topological polar surface area (TPSA) is 83.6 Å². The third-order valence-electron chi connectivity index (χ3n) is 2.27. The van der Waals surface area contributed by atoms with Crippen molar-refractivity contribution in [2.24, 2.45) is 0 Å². The number of amides is 1. The van der Waals surface area contributed by atoms with Crippen molar-refractivity contribution < 1.29 is 18.0 Å². The zero-order valence-corrected chi connectivity index (χ0v) is 9.40. The van der Waals surface area contributed by atoms with E-state index in [2.05, 4.69) is 25.9 Å². The summed E-state index contributed by atoms with van der Waals surface area (Å²) in [6.07, 6.45) is -4.42. The number of hydrogen-bond donors (Lipinski definition) is 2. The van der Waals surface area contributed by atoms with Gasteiger partial charge in [0.25, 0.3) is 5.91 Å². The normalized spacial score (nSPS) is 11.3. The zero-order chi connectivity index (χ0) is 13.9. The number of carbonyl (C=O) groups excluding carboxylic acids is 1. The van der Waals surface area contributed by atoms with Crippen molar-refractivity contribution >= 4 is 5.91 Å². The molecule has 0 fully saturated rings. The molecule has 0 spiro atoms. The molecule has 100 valence electrons. The molecule has 19 heavy (non-hydrogen) atoms. The SMILES string of the molecule is O=C(NCc1nn[nH]n1)c1ccc(C(F)(F)F)cc1. The standard InChI is InChI=1S/C10H8F3N5O/c11-10(12,13)7-3-1-6(2-4-7)9(19)14-5-8-15-17-18-16-8/h1-4H,5H2,(H,14,19)(H,15,16,17,18). The van der Waals surface area contributed by atoms with Crippen molar-refractivity contribution in [2.75, 3.05) is 0 Å². The fourth-order valence-electron chi connectivity index (χ4n) is 1.33. The van der Waals surface area contributed by atoms with Gasteiger partial charge in [0.05, 0.1) is 12.1 Å². The van der Waals surface area contributed by atoms with E-state index in [1.807, 2.05) is 0 Å². The molecule has 1 heterocycles. The maximum atomic E-state index is 12.3. The quantitative estimate of drug-likeness (QED) is 0.877. The third kappa shape index (κ3) is 3.27. The summed E-state index contributed by atoms with van der Waals surface area (Å²) >= 11 is 0. The molecule has 0 aliphatic heterocycles. The predicted octanol–water partition coefficient (Wildman–Crippen LogP) is 1.15. The molecule has 0 atom stereocenters. The molecular weight excluding hydrogens is 263 g/mol. The van der Waals surface area contributed by atoms with Gasteiger partial charge in [-0.15, -0.1) is 10.2 Å². The average Bonchev–Trinajstić information content (AvgIpc) is 2.88. The number of nitrogens with one attached hydrogen (secondary N) is 2. The molecule has 1 aromatic heterocycles. The van der Waals surface area contributed by atoms with E-state index >= 15 is 0 Å². The number of hydrogen-bond acceptors (Lipinski definition) is 4. The van der Waals surface area contributed by atoms with Gasteiger partial charge in [-0.3, -0.25) is 4.79 Å². The number of aromatic amines is 1. The van der Waals surface area contributed by atoms with Gasteiger partial charge in [-0.25, -0.2) is 0 Å². The number of tetrazole rings is 1. The highest BCUT2D eigenvalue weighted by atomic mass is 19.4. The summed E-state index contributed by atoms with van der Waals surface area (Å²) in [5, 5.41) is 15.2. The van der Waals surface area contributed by atoms with Crippen molar-refractivity contribution in [1.82, 2.24) is 25.9 Å². The van der Waals surface area contributed by atoms with E-state index in [0.717, 1.165) is 24.3 Å². The van der Waals surface area contributed by atoms with Crippen LogP contribution in [0.5, 0.6) is 0 Å². The van der Waals surface area contributed by atoms with Gasteiger partial charge < -0.3 is 5.32 Å². The fraction of sp³-hybridized carbons (Fsp3) is 0.200. The van der Waals surface area contributed by atoms with Crippen LogP contribution in [0, 0.1) is 0 Å². The smallest absolute Gasteiger partial charge is 0.345 e. The number of rotatable bonds is 3. The van der Waals surface area contributed by atoms with Crippen LogP contribution in [-0.4, -0.2) is 26.5 Å². The van der Waals surface area contributed by atoms with Gasteiger partial charge in [0.15, 0.2) is 5.82 Å². The summed E-state index contributed by atoms with van der Waals surface area (Å²) in [6, 6.07) is 3.91. The van der Waals surface area contributed by atoms with Gasteiger partial charge >= 0.3 is 6.18 Å². The van der Waals surface area contributed by atoms with Crippen LogP contribution >= 0.6 is 0 Å². The number of alkyl halides is 3. The Bertz CT molecular complexity index is 550. The first-order valence-electron chi connectivity index (χ1n) is 5.14. The number of H-pyrrole nitrogens is 1. The van der Waals surface area contributed by atoms with E-state index in [-0.39, 0.29) is 17.9 Å². The lowest BCUT2D eigenvalue weighted by molar-refractivity contribution is -0.137. The summed E-state index contributed by atoms with van der Waals surface area (Å²) < 4.78 is 37.0. The van der Waals surface area contributed by atoms with Gasteiger partial charge in [0, 0.05) is 5.56 Å². The van der Waals surface area contributed by atoms with E-state index < -0.39 is 17.6 Å². The monoisotopic (exact) mass is 271 g/mol. The molecule has 0 unspecified atom stereocenters. The summed E-state index contributed by atoms with van der Waals surface area (Å²) in [6.45, 7) is 0.0381. The van der Waals surface area contributed by atoms with Crippen molar-refractivity contribution in [1.29, 1.82) is 0 Å². The van der Waals surface area contributed by atoms with Gasteiger partial charge in [0.1, 0.15) is 0 Å². The highest BCUT2D eigenvalue weighted by molar-refractivity contribution is 5.94. The second-order valence-electron chi connectivity index (χ2n) is 3.59. The second-order valence-corrected chi connectivity index (χ2v) is 3.59. The maximum absolute atomic E-state index is 12.3.